The minimum Gasteiger partial charge on any atom is -0.504 e. The maximum absolute atomic E-state index is 11.9. The topological polar surface area (TPSA) is 49.8 Å². The van der Waals surface area contributed by atoms with Crippen molar-refractivity contribution in [3.63, 3.8) is 0 Å². The van der Waals surface area contributed by atoms with Gasteiger partial charge in [-0.15, -0.1) is 0 Å². The molecule has 1 aromatic rings. The molecule has 0 aliphatic carbocycles. The quantitative estimate of drug-likeness (QED) is 0.847. The van der Waals surface area contributed by atoms with Gasteiger partial charge < -0.3 is 14.7 Å². The van der Waals surface area contributed by atoms with E-state index in [1.165, 1.54) is 13.2 Å². The van der Waals surface area contributed by atoms with E-state index in [1.807, 2.05) is 6.92 Å². The van der Waals surface area contributed by atoms with E-state index in [0.29, 0.717) is 17.9 Å². The molecule has 0 aliphatic rings. The number of amides is 1. The van der Waals surface area contributed by atoms with Gasteiger partial charge in [0.2, 0.25) is 0 Å². The third-order valence-corrected chi connectivity index (χ3v) is 2.33. The highest BCUT2D eigenvalue weighted by Crippen LogP contribution is 2.26. The van der Waals surface area contributed by atoms with Gasteiger partial charge in [-0.3, -0.25) is 4.79 Å². The first kappa shape index (κ1) is 12.4. The summed E-state index contributed by atoms with van der Waals surface area (Å²) in [6.45, 7) is 2.71. The molecule has 0 atom stereocenters. The first-order chi connectivity index (χ1) is 7.60. The van der Waals surface area contributed by atoms with Crippen molar-refractivity contribution >= 4 is 5.91 Å². The number of benzene rings is 1. The molecule has 4 heteroatoms. The number of methoxy groups -OCH3 is 1. The second-order valence-corrected chi connectivity index (χ2v) is 3.61. The van der Waals surface area contributed by atoms with Gasteiger partial charge in [-0.25, -0.2) is 0 Å². The van der Waals surface area contributed by atoms with Crippen LogP contribution in [-0.2, 0) is 0 Å². The number of nitrogens with zero attached hydrogens (tertiary/aromatic N) is 1. The van der Waals surface area contributed by atoms with E-state index in [2.05, 4.69) is 0 Å². The smallest absolute Gasteiger partial charge is 0.253 e. The average Bonchev–Trinajstić information content (AvgIpc) is 2.28. The maximum Gasteiger partial charge on any atom is 0.253 e. The zero-order chi connectivity index (χ0) is 12.1. The molecule has 16 heavy (non-hydrogen) atoms. The van der Waals surface area contributed by atoms with Gasteiger partial charge >= 0.3 is 0 Å². The Morgan fingerprint density at radius 2 is 2.19 bits per heavy atom. The SMILES string of the molecule is CCCN(C)C(=O)c1ccc(OC)c(O)c1. The summed E-state index contributed by atoms with van der Waals surface area (Å²) in [6, 6.07) is 4.66. The number of hydrogen-bond acceptors (Lipinski definition) is 3. The number of rotatable bonds is 4. The zero-order valence-corrected chi connectivity index (χ0v) is 9.86. The van der Waals surface area contributed by atoms with Gasteiger partial charge in [-0.2, -0.15) is 0 Å². The zero-order valence-electron chi connectivity index (χ0n) is 9.86. The number of ether oxygens (including phenoxy) is 1. The molecule has 1 N–H and O–H groups in total. The van der Waals surface area contributed by atoms with Crippen LogP contribution in [0, 0.1) is 0 Å². The first-order valence-corrected chi connectivity index (χ1v) is 5.22. The van der Waals surface area contributed by atoms with Crippen LogP contribution in [0.3, 0.4) is 0 Å². The predicted molar refractivity (Wildman–Crippen MR) is 61.9 cm³/mol. The Hall–Kier alpha value is -1.71. The highest BCUT2D eigenvalue weighted by Gasteiger charge is 2.12. The van der Waals surface area contributed by atoms with E-state index in [9.17, 15) is 9.90 Å². The van der Waals surface area contributed by atoms with E-state index >= 15 is 0 Å². The summed E-state index contributed by atoms with van der Waals surface area (Å²) >= 11 is 0. The van der Waals surface area contributed by atoms with Crippen molar-refractivity contribution in [3.05, 3.63) is 23.8 Å². The minimum absolute atomic E-state index is 0.0155. The lowest BCUT2D eigenvalue weighted by atomic mass is 10.1. The molecule has 0 spiro atoms. The number of phenolic OH excluding ortho intramolecular Hbond substituents is 1. The van der Waals surface area contributed by atoms with Gasteiger partial charge in [0.15, 0.2) is 11.5 Å². The Morgan fingerprint density at radius 1 is 1.50 bits per heavy atom. The lowest BCUT2D eigenvalue weighted by Crippen LogP contribution is -2.27. The van der Waals surface area contributed by atoms with Crippen molar-refractivity contribution in [2.75, 3.05) is 20.7 Å². The normalized spacial score (nSPS) is 9.94. The summed E-state index contributed by atoms with van der Waals surface area (Å²) in [6.07, 6.45) is 0.907. The second-order valence-electron chi connectivity index (χ2n) is 3.61. The molecule has 0 saturated heterocycles. The maximum atomic E-state index is 11.9. The van der Waals surface area contributed by atoms with E-state index in [-0.39, 0.29) is 11.7 Å². The fraction of sp³-hybridized carbons (Fsp3) is 0.417. The van der Waals surface area contributed by atoms with Gasteiger partial charge in [-0.1, -0.05) is 6.92 Å². The Kier molecular flexibility index (Phi) is 4.17. The minimum atomic E-state index is -0.0974. The Balaban J connectivity index is 2.88. The van der Waals surface area contributed by atoms with Crippen molar-refractivity contribution in [2.24, 2.45) is 0 Å². The van der Waals surface area contributed by atoms with Crippen molar-refractivity contribution in [1.29, 1.82) is 0 Å². The first-order valence-electron chi connectivity index (χ1n) is 5.22. The molecule has 0 saturated carbocycles. The molecule has 0 heterocycles. The van der Waals surface area contributed by atoms with Gasteiger partial charge in [0.1, 0.15) is 0 Å². The van der Waals surface area contributed by atoms with Crippen molar-refractivity contribution < 1.29 is 14.6 Å². The number of carbonyl (C=O) groups excluding carboxylic acids is 1. The molecule has 1 rings (SSSR count). The largest absolute Gasteiger partial charge is 0.504 e. The van der Waals surface area contributed by atoms with E-state index in [0.717, 1.165) is 6.42 Å². The van der Waals surface area contributed by atoms with E-state index < -0.39 is 0 Å². The van der Waals surface area contributed by atoms with Gasteiger partial charge in [0.05, 0.1) is 7.11 Å². The number of phenols is 1. The van der Waals surface area contributed by atoms with Crippen molar-refractivity contribution in [1.82, 2.24) is 4.90 Å². The molecule has 0 aliphatic heterocycles. The third-order valence-electron chi connectivity index (χ3n) is 2.33. The molecule has 0 aromatic heterocycles. The Labute approximate surface area is 95.5 Å². The van der Waals surface area contributed by atoms with Crippen LogP contribution in [0.15, 0.2) is 18.2 Å². The van der Waals surface area contributed by atoms with Crippen LogP contribution in [0.5, 0.6) is 11.5 Å². The molecular weight excluding hydrogens is 206 g/mol. The van der Waals surface area contributed by atoms with Gasteiger partial charge in [0.25, 0.3) is 5.91 Å². The fourth-order valence-corrected chi connectivity index (χ4v) is 1.48. The lowest BCUT2D eigenvalue weighted by Gasteiger charge is -2.16. The summed E-state index contributed by atoms with van der Waals surface area (Å²) < 4.78 is 4.91. The third kappa shape index (κ3) is 2.66. The molecule has 0 radical (unpaired) electrons. The van der Waals surface area contributed by atoms with Crippen LogP contribution in [0.2, 0.25) is 0 Å². The number of carbonyl (C=O) groups is 1. The van der Waals surface area contributed by atoms with Crippen LogP contribution >= 0.6 is 0 Å². The summed E-state index contributed by atoms with van der Waals surface area (Å²) in [7, 11) is 3.22. The Morgan fingerprint density at radius 3 is 2.69 bits per heavy atom. The molecule has 0 unspecified atom stereocenters. The van der Waals surface area contributed by atoms with Crippen LogP contribution in [0.1, 0.15) is 23.7 Å². The number of aromatic hydroxyl groups is 1. The average molecular weight is 223 g/mol. The molecule has 0 fully saturated rings. The van der Waals surface area contributed by atoms with Crippen LogP contribution < -0.4 is 4.74 Å². The number of hydrogen-bond donors (Lipinski definition) is 1. The predicted octanol–water partition coefficient (Wildman–Crippen LogP) is 1.88. The molecule has 0 bridgehead atoms. The standard InChI is InChI=1S/C12H17NO3/c1-4-7-13(2)12(15)9-5-6-11(16-3)10(14)8-9/h5-6,8,14H,4,7H2,1-3H3. The van der Waals surface area contributed by atoms with Gasteiger partial charge in [-0.05, 0) is 24.6 Å². The monoisotopic (exact) mass is 223 g/mol. The highest BCUT2D eigenvalue weighted by molar-refractivity contribution is 5.94. The van der Waals surface area contributed by atoms with Crippen LogP contribution in [0.4, 0.5) is 0 Å². The highest BCUT2D eigenvalue weighted by atomic mass is 16.5. The van der Waals surface area contributed by atoms with E-state index in [1.54, 1.807) is 24.1 Å². The van der Waals surface area contributed by atoms with Crippen molar-refractivity contribution in [3.8, 4) is 11.5 Å². The Bertz CT molecular complexity index is 377. The molecule has 1 aromatic carbocycles. The summed E-state index contributed by atoms with van der Waals surface area (Å²) in [5.41, 5.74) is 0.467. The summed E-state index contributed by atoms with van der Waals surface area (Å²) in [4.78, 5) is 13.5. The second kappa shape index (κ2) is 5.39. The summed E-state index contributed by atoms with van der Waals surface area (Å²) in [5, 5.41) is 9.56. The van der Waals surface area contributed by atoms with Gasteiger partial charge in [0, 0.05) is 19.2 Å². The van der Waals surface area contributed by atoms with Crippen molar-refractivity contribution in [2.45, 2.75) is 13.3 Å². The van der Waals surface area contributed by atoms with E-state index in [4.69, 9.17) is 4.74 Å². The fourth-order valence-electron chi connectivity index (χ4n) is 1.48. The lowest BCUT2D eigenvalue weighted by molar-refractivity contribution is 0.0794. The van der Waals surface area contributed by atoms with Crippen LogP contribution in [0.25, 0.3) is 0 Å². The molecule has 1 amide bonds. The molecule has 4 nitrogen and oxygen atoms in total. The molecular formula is C12H17NO3. The molecule has 88 valence electrons. The summed E-state index contributed by atoms with van der Waals surface area (Å²) in [5.74, 6) is 0.257. The van der Waals surface area contributed by atoms with Crippen LogP contribution in [-0.4, -0.2) is 36.6 Å².